The summed E-state index contributed by atoms with van der Waals surface area (Å²) >= 11 is 6.02. The summed E-state index contributed by atoms with van der Waals surface area (Å²) in [6.07, 6.45) is 0.831. The molecule has 0 unspecified atom stereocenters. The summed E-state index contributed by atoms with van der Waals surface area (Å²) in [4.78, 5) is 19.2. The molecule has 1 aliphatic rings. The summed E-state index contributed by atoms with van der Waals surface area (Å²) in [6, 6.07) is 1.26. The molecule has 0 saturated carbocycles. The Balaban J connectivity index is 2.18. The number of pyridine rings is 1. The second kappa shape index (κ2) is 5.60. The lowest BCUT2D eigenvalue weighted by Gasteiger charge is -2.33. The minimum absolute atomic E-state index is 0.0844. The maximum atomic E-state index is 13.1. The average molecular weight is 302 g/mol. The van der Waals surface area contributed by atoms with E-state index in [1.165, 1.54) is 12.3 Å². The first-order chi connectivity index (χ1) is 9.43. The van der Waals surface area contributed by atoms with Gasteiger partial charge in [0.15, 0.2) is 0 Å². The van der Waals surface area contributed by atoms with E-state index in [1.807, 2.05) is 0 Å². The number of azide groups is 1. The second-order valence-electron chi connectivity index (χ2n) is 4.36. The van der Waals surface area contributed by atoms with Gasteiger partial charge in [-0.05, 0) is 16.7 Å². The SMILES string of the molecule is [N-]=[N+]=NC(=O)c1cc(Cl)c(N2CCC(F)(F)CC2)cn1. The van der Waals surface area contributed by atoms with Crippen molar-refractivity contribution in [1.82, 2.24) is 4.98 Å². The van der Waals surface area contributed by atoms with Gasteiger partial charge in [-0.25, -0.2) is 8.78 Å². The number of halogens is 3. The molecular weight excluding hydrogens is 292 g/mol. The van der Waals surface area contributed by atoms with Gasteiger partial charge in [-0.1, -0.05) is 11.6 Å². The molecule has 0 atom stereocenters. The minimum atomic E-state index is -2.65. The number of hydrogen-bond donors (Lipinski definition) is 0. The summed E-state index contributed by atoms with van der Waals surface area (Å²) in [5.41, 5.74) is 8.57. The third-order valence-electron chi connectivity index (χ3n) is 3.02. The first-order valence-corrected chi connectivity index (χ1v) is 6.18. The molecule has 1 fully saturated rings. The highest BCUT2D eigenvalue weighted by Crippen LogP contribution is 2.33. The van der Waals surface area contributed by atoms with Crippen LogP contribution in [-0.2, 0) is 0 Å². The maximum Gasteiger partial charge on any atom is 0.267 e. The number of anilines is 1. The van der Waals surface area contributed by atoms with Crippen LogP contribution in [0.3, 0.4) is 0 Å². The minimum Gasteiger partial charge on any atom is -0.369 e. The lowest BCUT2D eigenvalue weighted by Crippen LogP contribution is -2.39. The average Bonchev–Trinajstić information content (AvgIpc) is 2.39. The van der Waals surface area contributed by atoms with Crippen LogP contribution in [-0.4, -0.2) is 29.9 Å². The molecule has 20 heavy (non-hydrogen) atoms. The van der Waals surface area contributed by atoms with E-state index in [4.69, 9.17) is 17.1 Å². The zero-order chi connectivity index (χ0) is 14.8. The first-order valence-electron chi connectivity index (χ1n) is 5.81. The first kappa shape index (κ1) is 14.5. The summed E-state index contributed by atoms with van der Waals surface area (Å²) < 4.78 is 26.2. The zero-order valence-corrected chi connectivity index (χ0v) is 11.0. The standard InChI is InChI=1S/C11H10ClF2N5O/c12-7-5-8(10(20)17-18-15)16-6-9(7)19-3-1-11(13,14)2-4-19/h5-6H,1-4H2. The van der Waals surface area contributed by atoms with Crippen molar-refractivity contribution in [3.8, 4) is 0 Å². The van der Waals surface area contributed by atoms with Crippen LogP contribution >= 0.6 is 11.6 Å². The normalized spacial score (nSPS) is 17.4. The topological polar surface area (TPSA) is 82.0 Å². The smallest absolute Gasteiger partial charge is 0.267 e. The molecule has 0 spiro atoms. The summed E-state index contributed by atoms with van der Waals surface area (Å²) in [7, 11) is 0. The van der Waals surface area contributed by atoms with E-state index in [0.717, 1.165) is 0 Å². The molecule has 6 nitrogen and oxygen atoms in total. The van der Waals surface area contributed by atoms with E-state index < -0.39 is 11.8 Å². The number of piperidine rings is 1. The van der Waals surface area contributed by atoms with Crippen molar-refractivity contribution in [2.24, 2.45) is 5.11 Å². The van der Waals surface area contributed by atoms with Gasteiger partial charge in [-0.15, -0.1) is 0 Å². The number of aromatic nitrogens is 1. The number of amides is 1. The molecule has 9 heteroatoms. The molecule has 0 bridgehead atoms. The van der Waals surface area contributed by atoms with Gasteiger partial charge in [-0.3, -0.25) is 9.78 Å². The van der Waals surface area contributed by atoms with Crippen molar-refractivity contribution >= 4 is 23.2 Å². The molecule has 1 aromatic heterocycles. The van der Waals surface area contributed by atoms with E-state index in [9.17, 15) is 13.6 Å². The van der Waals surface area contributed by atoms with Crippen LogP contribution in [0.1, 0.15) is 23.3 Å². The Morgan fingerprint density at radius 2 is 2.15 bits per heavy atom. The Morgan fingerprint density at radius 3 is 2.70 bits per heavy atom. The molecule has 0 N–H and O–H groups in total. The highest BCUT2D eigenvalue weighted by molar-refractivity contribution is 6.33. The molecule has 1 saturated heterocycles. The fraction of sp³-hybridized carbons (Fsp3) is 0.455. The van der Waals surface area contributed by atoms with Gasteiger partial charge in [-0.2, -0.15) is 0 Å². The van der Waals surface area contributed by atoms with Crippen molar-refractivity contribution in [2.75, 3.05) is 18.0 Å². The number of carbonyl (C=O) groups is 1. The van der Waals surface area contributed by atoms with E-state index in [1.54, 1.807) is 4.90 Å². The van der Waals surface area contributed by atoms with Crippen LogP contribution in [0.15, 0.2) is 17.4 Å². The van der Waals surface area contributed by atoms with Crippen LogP contribution in [0, 0.1) is 0 Å². The number of nitrogens with zero attached hydrogens (tertiary/aromatic N) is 5. The lowest BCUT2D eigenvalue weighted by atomic mass is 10.1. The Morgan fingerprint density at radius 1 is 1.50 bits per heavy atom. The third kappa shape index (κ3) is 3.15. The van der Waals surface area contributed by atoms with Gasteiger partial charge >= 0.3 is 0 Å². The van der Waals surface area contributed by atoms with Crippen molar-refractivity contribution in [1.29, 1.82) is 0 Å². The number of carbonyl (C=O) groups excluding carboxylic acids is 1. The van der Waals surface area contributed by atoms with Crippen LogP contribution in [0.5, 0.6) is 0 Å². The van der Waals surface area contributed by atoms with Crippen LogP contribution in [0.2, 0.25) is 5.02 Å². The van der Waals surface area contributed by atoms with E-state index in [-0.39, 0.29) is 36.6 Å². The Hall–Kier alpha value is -1.92. The van der Waals surface area contributed by atoms with Crippen molar-refractivity contribution < 1.29 is 13.6 Å². The van der Waals surface area contributed by atoms with Crippen LogP contribution in [0.4, 0.5) is 14.5 Å². The largest absolute Gasteiger partial charge is 0.369 e. The van der Waals surface area contributed by atoms with E-state index in [2.05, 4.69) is 15.0 Å². The zero-order valence-electron chi connectivity index (χ0n) is 10.3. The predicted octanol–water partition coefficient (Wildman–Crippen LogP) is 3.42. The fourth-order valence-electron chi connectivity index (χ4n) is 1.94. The van der Waals surface area contributed by atoms with Crippen molar-refractivity contribution in [3.05, 3.63) is 33.4 Å². The third-order valence-corrected chi connectivity index (χ3v) is 3.33. The maximum absolute atomic E-state index is 13.1. The van der Waals surface area contributed by atoms with Crippen molar-refractivity contribution in [2.45, 2.75) is 18.8 Å². The van der Waals surface area contributed by atoms with E-state index in [0.29, 0.717) is 5.69 Å². The summed E-state index contributed by atoms with van der Waals surface area (Å²) in [5.74, 6) is -3.49. The molecule has 1 amide bonds. The molecule has 0 radical (unpaired) electrons. The van der Waals surface area contributed by atoms with E-state index >= 15 is 0 Å². The van der Waals surface area contributed by atoms with Crippen LogP contribution < -0.4 is 4.90 Å². The second-order valence-corrected chi connectivity index (χ2v) is 4.77. The molecule has 0 aromatic carbocycles. The Bertz CT molecular complexity index is 578. The highest BCUT2D eigenvalue weighted by Gasteiger charge is 2.34. The van der Waals surface area contributed by atoms with Gasteiger partial charge in [0.05, 0.1) is 16.9 Å². The van der Waals surface area contributed by atoms with Gasteiger partial charge in [0.2, 0.25) is 0 Å². The molecule has 1 aliphatic heterocycles. The predicted molar refractivity (Wildman–Crippen MR) is 69.1 cm³/mol. The molecule has 0 aliphatic carbocycles. The molecule has 2 rings (SSSR count). The van der Waals surface area contributed by atoms with Crippen molar-refractivity contribution in [3.63, 3.8) is 0 Å². The number of alkyl halides is 2. The van der Waals surface area contributed by atoms with Gasteiger partial charge in [0, 0.05) is 30.8 Å². The number of hydrogen-bond acceptors (Lipinski definition) is 3. The lowest BCUT2D eigenvalue weighted by molar-refractivity contribution is -0.0220. The Labute approximate surface area is 118 Å². The van der Waals surface area contributed by atoms with Gasteiger partial charge in [0.25, 0.3) is 11.8 Å². The number of rotatable bonds is 2. The highest BCUT2D eigenvalue weighted by atomic mass is 35.5. The summed E-state index contributed by atoms with van der Waals surface area (Å²) in [5, 5.41) is 3.11. The fourth-order valence-corrected chi connectivity index (χ4v) is 2.21. The quantitative estimate of drug-likeness (QED) is 0.477. The molecule has 2 heterocycles. The van der Waals surface area contributed by atoms with Gasteiger partial charge in [0.1, 0.15) is 5.69 Å². The molecule has 1 aromatic rings. The summed E-state index contributed by atoms with van der Waals surface area (Å²) in [6.45, 7) is 0.329. The monoisotopic (exact) mass is 301 g/mol. The van der Waals surface area contributed by atoms with Crippen LogP contribution in [0.25, 0.3) is 10.4 Å². The molecule has 106 valence electrons. The van der Waals surface area contributed by atoms with Gasteiger partial charge < -0.3 is 4.90 Å². The molecular formula is C11H10ClF2N5O. The Kier molecular flexibility index (Phi) is 4.06.